The van der Waals surface area contributed by atoms with E-state index in [4.69, 9.17) is 14.2 Å². The number of methoxy groups -OCH3 is 1. The molecule has 0 bridgehead atoms. The van der Waals surface area contributed by atoms with Gasteiger partial charge in [0.15, 0.2) is 6.29 Å². The highest BCUT2D eigenvalue weighted by Gasteiger charge is 2.09. The quantitative estimate of drug-likeness (QED) is 0.749. The Balaban J connectivity index is 1.81. The fourth-order valence-electron chi connectivity index (χ4n) is 1.69. The largest absolute Gasteiger partial charge is 0.497 e. The van der Waals surface area contributed by atoms with Gasteiger partial charge in [0.05, 0.1) is 20.3 Å². The lowest BCUT2D eigenvalue weighted by Gasteiger charge is -2.20. The van der Waals surface area contributed by atoms with Crippen molar-refractivity contribution < 1.29 is 14.2 Å². The molecule has 0 spiro atoms. The minimum absolute atomic E-state index is 0.165. The molecule has 92 valence electrons. The molecule has 1 heterocycles. The standard InChI is InChI=1S/C14H18O3/c1-15-13-8-6-12(7-9-13)4-2-5-14-16-10-3-11-17-14/h2,5-9,14H,3-4,10-11H2,1H3/b5-2+. The summed E-state index contributed by atoms with van der Waals surface area (Å²) in [5, 5.41) is 0. The Labute approximate surface area is 102 Å². The monoisotopic (exact) mass is 234 g/mol. The molecular formula is C14H18O3. The molecular weight excluding hydrogens is 216 g/mol. The average Bonchev–Trinajstić information content (AvgIpc) is 2.41. The summed E-state index contributed by atoms with van der Waals surface area (Å²) in [5.41, 5.74) is 1.25. The normalized spacial score (nSPS) is 17.5. The predicted octanol–water partition coefficient (Wildman–Crippen LogP) is 2.56. The lowest BCUT2D eigenvalue weighted by molar-refractivity contribution is -0.149. The van der Waals surface area contributed by atoms with Gasteiger partial charge >= 0.3 is 0 Å². The molecule has 3 heteroatoms. The van der Waals surface area contributed by atoms with E-state index in [-0.39, 0.29) is 6.29 Å². The molecule has 0 atom stereocenters. The third-order valence-corrected chi connectivity index (χ3v) is 2.66. The van der Waals surface area contributed by atoms with Gasteiger partial charge in [0, 0.05) is 0 Å². The van der Waals surface area contributed by atoms with Crippen LogP contribution in [0.15, 0.2) is 36.4 Å². The first-order valence-corrected chi connectivity index (χ1v) is 5.91. The molecule has 0 unspecified atom stereocenters. The summed E-state index contributed by atoms with van der Waals surface area (Å²) in [6.07, 6.45) is 5.76. The predicted molar refractivity (Wildman–Crippen MR) is 66.1 cm³/mol. The Kier molecular flexibility index (Phi) is 4.59. The van der Waals surface area contributed by atoms with Crippen molar-refractivity contribution in [1.29, 1.82) is 0 Å². The smallest absolute Gasteiger partial charge is 0.176 e. The molecule has 0 N–H and O–H groups in total. The molecule has 0 aromatic heterocycles. The van der Waals surface area contributed by atoms with E-state index in [1.54, 1.807) is 7.11 Å². The van der Waals surface area contributed by atoms with Crippen LogP contribution in [0.4, 0.5) is 0 Å². The van der Waals surface area contributed by atoms with Crippen LogP contribution in [0.25, 0.3) is 0 Å². The van der Waals surface area contributed by atoms with Crippen LogP contribution in [-0.2, 0) is 15.9 Å². The molecule has 1 aliphatic heterocycles. The van der Waals surface area contributed by atoms with Crippen molar-refractivity contribution in [2.24, 2.45) is 0 Å². The van der Waals surface area contributed by atoms with Gasteiger partial charge in [-0.15, -0.1) is 0 Å². The van der Waals surface area contributed by atoms with Crippen LogP contribution in [0.3, 0.4) is 0 Å². The van der Waals surface area contributed by atoms with Crippen LogP contribution in [0.1, 0.15) is 12.0 Å². The van der Waals surface area contributed by atoms with Crippen LogP contribution >= 0.6 is 0 Å². The van der Waals surface area contributed by atoms with Crippen molar-refractivity contribution in [2.75, 3.05) is 20.3 Å². The Morgan fingerprint density at radius 3 is 2.59 bits per heavy atom. The van der Waals surface area contributed by atoms with Gasteiger partial charge in [0.25, 0.3) is 0 Å². The van der Waals surface area contributed by atoms with Crippen molar-refractivity contribution in [1.82, 2.24) is 0 Å². The van der Waals surface area contributed by atoms with Crippen molar-refractivity contribution in [2.45, 2.75) is 19.1 Å². The highest BCUT2D eigenvalue weighted by Crippen LogP contribution is 2.12. The van der Waals surface area contributed by atoms with E-state index in [9.17, 15) is 0 Å². The maximum atomic E-state index is 5.42. The summed E-state index contributed by atoms with van der Waals surface area (Å²) in [6, 6.07) is 8.06. The number of hydrogen-bond acceptors (Lipinski definition) is 3. The first-order valence-electron chi connectivity index (χ1n) is 5.91. The molecule has 2 rings (SSSR count). The second-order valence-electron chi connectivity index (χ2n) is 3.94. The summed E-state index contributed by atoms with van der Waals surface area (Å²) >= 11 is 0. The number of hydrogen-bond donors (Lipinski definition) is 0. The third-order valence-electron chi connectivity index (χ3n) is 2.66. The van der Waals surface area contributed by atoms with Crippen LogP contribution in [0.2, 0.25) is 0 Å². The number of allylic oxidation sites excluding steroid dienone is 1. The summed E-state index contributed by atoms with van der Waals surface area (Å²) in [6.45, 7) is 1.58. The van der Waals surface area contributed by atoms with Crippen LogP contribution in [-0.4, -0.2) is 26.6 Å². The number of ether oxygens (including phenoxy) is 3. The molecule has 1 aromatic carbocycles. The van der Waals surface area contributed by atoms with Gasteiger partial charge in [0.2, 0.25) is 0 Å². The summed E-state index contributed by atoms with van der Waals surface area (Å²) in [4.78, 5) is 0. The van der Waals surface area contributed by atoms with Gasteiger partial charge < -0.3 is 14.2 Å². The number of benzene rings is 1. The molecule has 17 heavy (non-hydrogen) atoms. The summed E-state index contributed by atoms with van der Waals surface area (Å²) in [5.74, 6) is 0.886. The van der Waals surface area contributed by atoms with Crippen LogP contribution in [0, 0.1) is 0 Å². The molecule has 1 fully saturated rings. The Bertz CT molecular complexity index is 350. The molecule has 3 nitrogen and oxygen atoms in total. The molecule has 0 amide bonds. The molecule has 0 saturated carbocycles. The summed E-state index contributed by atoms with van der Waals surface area (Å²) < 4.78 is 16.0. The molecule has 0 radical (unpaired) electrons. The first kappa shape index (κ1) is 12.1. The zero-order valence-corrected chi connectivity index (χ0v) is 10.1. The van der Waals surface area contributed by atoms with E-state index in [2.05, 4.69) is 18.2 Å². The van der Waals surface area contributed by atoms with Gasteiger partial charge in [-0.25, -0.2) is 0 Å². The molecule has 1 aromatic rings. The Hall–Kier alpha value is -1.32. The van der Waals surface area contributed by atoms with Crippen molar-refractivity contribution in [3.05, 3.63) is 42.0 Å². The van der Waals surface area contributed by atoms with Gasteiger partial charge in [-0.2, -0.15) is 0 Å². The minimum Gasteiger partial charge on any atom is -0.497 e. The van der Waals surface area contributed by atoms with Crippen LogP contribution < -0.4 is 4.74 Å². The topological polar surface area (TPSA) is 27.7 Å². The van der Waals surface area contributed by atoms with Crippen LogP contribution in [0.5, 0.6) is 5.75 Å². The van der Waals surface area contributed by atoms with Gasteiger partial charge in [-0.1, -0.05) is 18.2 Å². The van der Waals surface area contributed by atoms with E-state index in [0.717, 1.165) is 31.8 Å². The first-order chi connectivity index (χ1) is 8.38. The van der Waals surface area contributed by atoms with Gasteiger partial charge in [-0.05, 0) is 36.6 Å². The van der Waals surface area contributed by atoms with Gasteiger partial charge in [0.1, 0.15) is 5.75 Å². The molecule has 1 aliphatic rings. The second-order valence-corrected chi connectivity index (χ2v) is 3.94. The van der Waals surface area contributed by atoms with E-state index in [1.165, 1.54) is 5.56 Å². The highest BCUT2D eigenvalue weighted by atomic mass is 16.7. The van der Waals surface area contributed by atoms with Crippen molar-refractivity contribution >= 4 is 0 Å². The highest BCUT2D eigenvalue weighted by molar-refractivity contribution is 5.28. The maximum absolute atomic E-state index is 5.42. The lowest BCUT2D eigenvalue weighted by Crippen LogP contribution is -2.22. The van der Waals surface area contributed by atoms with Gasteiger partial charge in [-0.3, -0.25) is 0 Å². The fraction of sp³-hybridized carbons (Fsp3) is 0.429. The average molecular weight is 234 g/mol. The van der Waals surface area contributed by atoms with Crippen molar-refractivity contribution in [3.63, 3.8) is 0 Å². The number of rotatable bonds is 4. The van der Waals surface area contributed by atoms with Crippen molar-refractivity contribution in [3.8, 4) is 5.75 Å². The second kappa shape index (κ2) is 6.42. The zero-order chi connectivity index (χ0) is 11.9. The molecule has 1 saturated heterocycles. The fourth-order valence-corrected chi connectivity index (χ4v) is 1.69. The SMILES string of the molecule is COc1ccc(C/C=C/C2OCCCO2)cc1. The van der Waals surface area contributed by atoms with E-state index >= 15 is 0 Å². The Morgan fingerprint density at radius 2 is 1.94 bits per heavy atom. The minimum atomic E-state index is -0.165. The zero-order valence-electron chi connectivity index (χ0n) is 10.1. The Morgan fingerprint density at radius 1 is 1.24 bits per heavy atom. The molecule has 0 aliphatic carbocycles. The maximum Gasteiger partial charge on any atom is 0.176 e. The third kappa shape index (κ3) is 3.88. The van der Waals surface area contributed by atoms with E-state index in [1.807, 2.05) is 18.2 Å². The van der Waals surface area contributed by atoms with E-state index < -0.39 is 0 Å². The van der Waals surface area contributed by atoms with E-state index in [0.29, 0.717) is 0 Å². The lowest BCUT2D eigenvalue weighted by atomic mass is 10.1. The summed E-state index contributed by atoms with van der Waals surface area (Å²) in [7, 11) is 1.67.